The van der Waals surface area contributed by atoms with E-state index in [0.717, 1.165) is 12.5 Å². The van der Waals surface area contributed by atoms with Crippen LogP contribution in [0.3, 0.4) is 0 Å². The van der Waals surface area contributed by atoms with Crippen LogP contribution in [0.25, 0.3) is 0 Å². The fourth-order valence-corrected chi connectivity index (χ4v) is 2.27. The van der Waals surface area contributed by atoms with Crippen LogP contribution in [0.15, 0.2) is 24.3 Å². The van der Waals surface area contributed by atoms with Gasteiger partial charge in [0.1, 0.15) is 0 Å². The van der Waals surface area contributed by atoms with E-state index in [2.05, 4.69) is 4.74 Å². The number of ether oxygens (including phenoxy) is 1. The van der Waals surface area contributed by atoms with Gasteiger partial charge in [-0.1, -0.05) is 31.2 Å². The Balaban J connectivity index is 2.39. The molecule has 0 bridgehead atoms. The summed E-state index contributed by atoms with van der Waals surface area (Å²) >= 11 is 0. The SMILES string of the molecule is COC(=O)CCCc1ccc(C(=O)CCCC(C)C(F)(F)F)cc1. The summed E-state index contributed by atoms with van der Waals surface area (Å²) < 4.78 is 41.8. The number of aryl methyl sites for hydroxylation is 1. The number of hydrogen-bond donors (Lipinski definition) is 0. The Labute approximate surface area is 140 Å². The number of alkyl halides is 3. The van der Waals surface area contributed by atoms with Crippen molar-refractivity contribution in [3.63, 3.8) is 0 Å². The Kier molecular flexibility index (Phi) is 7.95. The highest BCUT2D eigenvalue weighted by molar-refractivity contribution is 5.96. The van der Waals surface area contributed by atoms with Gasteiger partial charge >= 0.3 is 12.1 Å². The summed E-state index contributed by atoms with van der Waals surface area (Å²) in [6, 6.07) is 6.98. The van der Waals surface area contributed by atoms with E-state index in [1.54, 1.807) is 12.1 Å². The van der Waals surface area contributed by atoms with Crippen LogP contribution in [-0.2, 0) is 16.0 Å². The number of carbonyl (C=O) groups is 2. The lowest BCUT2D eigenvalue weighted by molar-refractivity contribution is -0.171. The number of benzene rings is 1. The van der Waals surface area contributed by atoms with Crippen LogP contribution >= 0.6 is 0 Å². The molecule has 3 nitrogen and oxygen atoms in total. The molecular weight excluding hydrogens is 321 g/mol. The van der Waals surface area contributed by atoms with Gasteiger partial charge in [0.25, 0.3) is 0 Å². The fourth-order valence-electron chi connectivity index (χ4n) is 2.27. The van der Waals surface area contributed by atoms with Gasteiger partial charge in [0.2, 0.25) is 0 Å². The van der Waals surface area contributed by atoms with Gasteiger partial charge in [-0.05, 0) is 31.2 Å². The number of ketones is 1. The number of Topliss-reactive ketones (excluding diaryl/α,β-unsaturated/α-hetero) is 1. The molecule has 0 fully saturated rings. The van der Waals surface area contributed by atoms with Crippen LogP contribution in [0, 0.1) is 5.92 Å². The number of rotatable bonds is 9. The van der Waals surface area contributed by atoms with E-state index >= 15 is 0 Å². The van der Waals surface area contributed by atoms with E-state index in [9.17, 15) is 22.8 Å². The van der Waals surface area contributed by atoms with Crippen molar-refractivity contribution in [2.75, 3.05) is 7.11 Å². The maximum atomic E-state index is 12.4. The quantitative estimate of drug-likeness (QED) is 0.480. The number of carbonyl (C=O) groups excluding carboxylic acids is 2. The summed E-state index contributed by atoms with van der Waals surface area (Å²) in [7, 11) is 1.35. The molecule has 1 rings (SSSR count). The number of methoxy groups -OCH3 is 1. The summed E-state index contributed by atoms with van der Waals surface area (Å²) in [5.41, 5.74) is 1.51. The summed E-state index contributed by atoms with van der Waals surface area (Å²) in [6.45, 7) is 1.13. The largest absolute Gasteiger partial charge is 0.469 e. The van der Waals surface area contributed by atoms with Gasteiger partial charge in [0, 0.05) is 18.4 Å². The second-order valence-electron chi connectivity index (χ2n) is 5.88. The van der Waals surface area contributed by atoms with E-state index in [4.69, 9.17) is 0 Å². The van der Waals surface area contributed by atoms with E-state index in [-0.39, 0.29) is 31.0 Å². The highest BCUT2D eigenvalue weighted by Crippen LogP contribution is 2.29. The van der Waals surface area contributed by atoms with Gasteiger partial charge in [0.15, 0.2) is 5.78 Å². The molecule has 1 aromatic rings. The predicted molar refractivity (Wildman–Crippen MR) is 84.8 cm³/mol. The molecule has 24 heavy (non-hydrogen) atoms. The lowest BCUT2D eigenvalue weighted by atomic mass is 9.98. The molecule has 0 aromatic heterocycles. The predicted octanol–water partition coefficient (Wildman–Crippen LogP) is 4.73. The van der Waals surface area contributed by atoms with Gasteiger partial charge in [-0.2, -0.15) is 13.2 Å². The zero-order valence-electron chi connectivity index (χ0n) is 14.0. The van der Waals surface area contributed by atoms with E-state index < -0.39 is 12.1 Å². The van der Waals surface area contributed by atoms with Crippen LogP contribution in [0.1, 0.15) is 54.9 Å². The zero-order valence-corrected chi connectivity index (χ0v) is 14.0. The lowest BCUT2D eigenvalue weighted by Crippen LogP contribution is -2.19. The first-order valence-corrected chi connectivity index (χ1v) is 7.99. The van der Waals surface area contributed by atoms with Crippen molar-refractivity contribution in [3.8, 4) is 0 Å². The molecule has 1 aromatic carbocycles. The molecule has 0 amide bonds. The van der Waals surface area contributed by atoms with Crippen LogP contribution in [0.2, 0.25) is 0 Å². The average molecular weight is 344 g/mol. The first-order valence-electron chi connectivity index (χ1n) is 7.99. The number of halogens is 3. The van der Waals surface area contributed by atoms with Crippen molar-refractivity contribution in [3.05, 3.63) is 35.4 Å². The minimum absolute atomic E-state index is 0.0408. The van der Waals surface area contributed by atoms with Gasteiger partial charge in [-0.3, -0.25) is 9.59 Å². The molecule has 0 saturated carbocycles. The summed E-state index contributed by atoms with van der Waals surface area (Å²) in [6.07, 6.45) is -2.20. The molecule has 0 heterocycles. The van der Waals surface area contributed by atoms with Crippen molar-refractivity contribution >= 4 is 11.8 Å². The normalized spacial score (nSPS) is 12.7. The minimum Gasteiger partial charge on any atom is -0.469 e. The first-order chi connectivity index (χ1) is 11.2. The smallest absolute Gasteiger partial charge is 0.391 e. The summed E-state index contributed by atoms with van der Waals surface area (Å²) in [5.74, 6) is -1.79. The van der Waals surface area contributed by atoms with Gasteiger partial charge in [0.05, 0.1) is 13.0 Å². The highest BCUT2D eigenvalue weighted by Gasteiger charge is 2.35. The first kappa shape index (κ1) is 20.2. The third kappa shape index (κ3) is 7.15. The summed E-state index contributed by atoms with van der Waals surface area (Å²) in [4.78, 5) is 23.0. The van der Waals surface area contributed by atoms with Crippen molar-refractivity contribution in [1.82, 2.24) is 0 Å². The number of hydrogen-bond acceptors (Lipinski definition) is 3. The molecular formula is C18H23F3O3. The molecule has 134 valence electrons. The van der Waals surface area contributed by atoms with Crippen molar-refractivity contribution in [2.24, 2.45) is 5.92 Å². The Bertz CT molecular complexity index is 535. The second-order valence-corrected chi connectivity index (χ2v) is 5.88. The third-order valence-electron chi connectivity index (χ3n) is 3.95. The third-order valence-corrected chi connectivity index (χ3v) is 3.95. The lowest BCUT2D eigenvalue weighted by Gasteiger charge is -2.14. The van der Waals surface area contributed by atoms with Crippen molar-refractivity contribution in [1.29, 1.82) is 0 Å². The molecule has 0 aliphatic rings. The van der Waals surface area contributed by atoms with E-state index in [1.807, 2.05) is 12.1 Å². The molecule has 0 N–H and O–H groups in total. The maximum Gasteiger partial charge on any atom is 0.391 e. The molecule has 1 atom stereocenters. The number of esters is 1. The average Bonchev–Trinajstić information content (AvgIpc) is 2.54. The standard InChI is InChI=1S/C18H23F3O3/c1-13(18(19,20)21)5-3-7-16(22)15-11-9-14(10-12-15)6-4-8-17(23)24-2/h9-13H,3-8H2,1-2H3. The van der Waals surface area contributed by atoms with Gasteiger partial charge in [-0.25, -0.2) is 0 Å². The molecule has 0 saturated heterocycles. The van der Waals surface area contributed by atoms with Crippen LogP contribution in [0.5, 0.6) is 0 Å². The summed E-state index contributed by atoms with van der Waals surface area (Å²) in [5, 5.41) is 0. The topological polar surface area (TPSA) is 43.4 Å². The van der Waals surface area contributed by atoms with Gasteiger partial charge in [-0.15, -0.1) is 0 Å². The molecule has 0 radical (unpaired) electrons. The van der Waals surface area contributed by atoms with Crippen molar-refractivity contribution < 1.29 is 27.5 Å². The maximum absolute atomic E-state index is 12.4. The Hall–Kier alpha value is -1.85. The zero-order chi connectivity index (χ0) is 18.2. The molecule has 6 heteroatoms. The monoisotopic (exact) mass is 344 g/mol. The highest BCUT2D eigenvalue weighted by atomic mass is 19.4. The Morgan fingerprint density at radius 3 is 2.25 bits per heavy atom. The Morgan fingerprint density at radius 2 is 1.71 bits per heavy atom. The molecule has 0 spiro atoms. The fraction of sp³-hybridized carbons (Fsp3) is 0.556. The van der Waals surface area contributed by atoms with E-state index in [0.29, 0.717) is 24.8 Å². The van der Waals surface area contributed by atoms with Crippen LogP contribution < -0.4 is 0 Å². The Morgan fingerprint density at radius 1 is 1.08 bits per heavy atom. The van der Waals surface area contributed by atoms with Crippen LogP contribution in [-0.4, -0.2) is 25.0 Å². The van der Waals surface area contributed by atoms with Crippen LogP contribution in [0.4, 0.5) is 13.2 Å². The minimum atomic E-state index is -4.20. The van der Waals surface area contributed by atoms with Gasteiger partial charge < -0.3 is 4.74 Å². The molecule has 1 unspecified atom stereocenters. The van der Waals surface area contributed by atoms with E-state index in [1.165, 1.54) is 7.11 Å². The second kappa shape index (κ2) is 9.45. The molecule has 0 aliphatic carbocycles. The van der Waals surface area contributed by atoms with Crippen molar-refractivity contribution in [2.45, 2.75) is 51.6 Å². The molecule has 0 aliphatic heterocycles.